The van der Waals surface area contributed by atoms with Crippen LogP contribution in [0.25, 0.3) is 0 Å². The summed E-state index contributed by atoms with van der Waals surface area (Å²) in [6, 6.07) is 4.53. The van der Waals surface area contributed by atoms with Gasteiger partial charge in [-0.3, -0.25) is 4.79 Å². The zero-order valence-electron chi connectivity index (χ0n) is 12.0. The molecular weight excluding hydrogens is 260 g/mol. The molecule has 0 spiro atoms. The number of carbonyl (C=O) groups is 2. The lowest BCUT2D eigenvalue weighted by Crippen LogP contribution is -2.10. The number of unbranched alkanes of at least 4 members (excludes halogenated alkanes) is 1. The van der Waals surface area contributed by atoms with Crippen molar-refractivity contribution in [1.82, 2.24) is 0 Å². The number of esters is 2. The molecule has 1 rings (SSSR count). The molecule has 0 aliphatic carbocycles. The summed E-state index contributed by atoms with van der Waals surface area (Å²) in [4.78, 5) is 23.1. The van der Waals surface area contributed by atoms with Crippen molar-refractivity contribution in [2.24, 2.45) is 0 Å². The summed E-state index contributed by atoms with van der Waals surface area (Å²) in [5.41, 5.74) is 0.348. The Hall–Kier alpha value is -2.04. The Balaban J connectivity index is 2.82. The Kier molecular flexibility index (Phi) is 6.56. The van der Waals surface area contributed by atoms with Crippen molar-refractivity contribution in [1.29, 1.82) is 0 Å². The number of benzene rings is 1. The summed E-state index contributed by atoms with van der Waals surface area (Å²) in [5.74, 6) is -0.290. The van der Waals surface area contributed by atoms with Crippen molar-refractivity contribution in [2.45, 2.75) is 26.7 Å². The van der Waals surface area contributed by atoms with Crippen LogP contribution in [0.3, 0.4) is 0 Å². The molecule has 0 unspecified atom stereocenters. The van der Waals surface area contributed by atoms with Gasteiger partial charge in [-0.2, -0.15) is 0 Å². The fourth-order valence-electron chi connectivity index (χ4n) is 1.51. The van der Waals surface area contributed by atoms with Gasteiger partial charge in [0.1, 0.15) is 0 Å². The van der Waals surface area contributed by atoms with E-state index in [2.05, 4.69) is 0 Å². The van der Waals surface area contributed by atoms with Crippen LogP contribution in [0.1, 0.15) is 37.0 Å². The summed E-state index contributed by atoms with van der Waals surface area (Å²) >= 11 is 0. The van der Waals surface area contributed by atoms with Gasteiger partial charge in [0.25, 0.3) is 0 Å². The normalized spacial score (nSPS) is 9.95. The molecule has 0 amide bonds. The average molecular weight is 279 g/mol. The maximum Gasteiger partial charge on any atom is 0.338 e. The van der Waals surface area contributed by atoms with E-state index in [1.165, 1.54) is 31.7 Å². The van der Waals surface area contributed by atoms with E-state index >= 15 is 0 Å². The lowest BCUT2D eigenvalue weighted by atomic mass is 10.2. The molecule has 1 radical (unpaired) electrons. The first-order valence-corrected chi connectivity index (χ1v) is 6.52. The van der Waals surface area contributed by atoms with E-state index < -0.39 is 11.9 Å². The molecular formula is C15H19O5. The van der Waals surface area contributed by atoms with E-state index in [0.29, 0.717) is 24.3 Å². The third-order valence-electron chi connectivity index (χ3n) is 2.48. The second-order valence-corrected chi connectivity index (χ2v) is 4.00. The standard InChI is InChI=1S/C15H19O5/c1-4-6-7-14(16)20-12-9-8-11(10-13(12)18-3)15(17)19-5-2/h7-10H,4-6H2,1-3H3. The van der Waals surface area contributed by atoms with Crippen molar-refractivity contribution < 1.29 is 23.8 Å². The molecule has 0 aromatic heterocycles. The van der Waals surface area contributed by atoms with Crippen LogP contribution in [0.5, 0.6) is 11.5 Å². The molecule has 20 heavy (non-hydrogen) atoms. The van der Waals surface area contributed by atoms with E-state index in [4.69, 9.17) is 14.2 Å². The smallest absolute Gasteiger partial charge is 0.338 e. The highest BCUT2D eigenvalue weighted by Crippen LogP contribution is 2.28. The van der Waals surface area contributed by atoms with Gasteiger partial charge in [-0.15, -0.1) is 0 Å². The average Bonchev–Trinajstić information content (AvgIpc) is 2.45. The topological polar surface area (TPSA) is 61.8 Å². The Morgan fingerprint density at radius 3 is 2.55 bits per heavy atom. The van der Waals surface area contributed by atoms with Crippen molar-refractivity contribution in [3.05, 3.63) is 30.2 Å². The van der Waals surface area contributed by atoms with Crippen LogP contribution < -0.4 is 9.47 Å². The Morgan fingerprint density at radius 2 is 1.95 bits per heavy atom. The van der Waals surface area contributed by atoms with Crippen molar-refractivity contribution in [3.8, 4) is 11.5 Å². The van der Waals surface area contributed by atoms with Crippen LogP contribution >= 0.6 is 0 Å². The van der Waals surface area contributed by atoms with Gasteiger partial charge in [0.15, 0.2) is 11.5 Å². The molecule has 5 nitrogen and oxygen atoms in total. The molecule has 0 atom stereocenters. The van der Waals surface area contributed by atoms with Crippen LogP contribution in [0.4, 0.5) is 0 Å². The van der Waals surface area contributed by atoms with Crippen LogP contribution in [-0.4, -0.2) is 25.7 Å². The van der Waals surface area contributed by atoms with Crippen LogP contribution in [0.15, 0.2) is 18.2 Å². The molecule has 0 heterocycles. The summed E-state index contributed by atoms with van der Waals surface area (Å²) < 4.78 is 15.2. The van der Waals surface area contributed by atoms with Crippen molar-refractivity contribution in [3.63, 3.8) is 0 Å². The Labute approximate surface area is 118 Å². The van der Waals surface area contributed by atoms with E-state index in [-0.39, 0.29) is 5.75 Å². The van der Waals surface area contributed by atoms with Crippen LogP contribution in [-0.2, 0) is 9.53 Å². The minimum Gasteiger partial charge on any atom is -0.493 e. The van der Waals surface area contributed by atoms with Crippen LogP contribution in [0.2, 0.25) is 0 Å². The first kappa shape index (κ1) is 16.0. The maximum absolute atomic E-state index is 11.6. The SMILES string of the molecule is CCC[CH]C(=O)Oc1ccc(C(=O)OCC)cc1OC. The third-order valence-corrected chi connectivity index (χ3v) is 2.48. The molecule has 109 valence electrons. The number of hydrogen-bond acceptors (Lipinski definition) is 5. The molecule has 0 bridgehead atoms. The zero-order chi connectivity index (χ0) is 15.0. The molecule has 0 N–H and O–H groups in total. The molecule has 0 aliphatic rings. The summed E-state index contributed by atoms with van der Waals surface area (Å²) in [6.45, 7) is 4.00. The van der Waals surface area contributed by atoms with Gasteiger partial charge in [0.05, 0.1) is 25.7 Å². The third kappa shape index (κ3) is 4.57. The molecule has 0 saturated carbocycles. The van der Waals surface area contributed by atoms with Gasteiger partial charge >= 0.3 is 11.9 Å². The molecule has 0 aliphatic heterocycles. The van der Waals surface area contributed by atoms with E-state index in [9.17, 15) is 9.59 Å². The van der Waals surface area contributed by atoms with Gasteiger partial charge in [-0.05, 0) is 31.5 Å². The second-order valence-electron chi connectivity index (χ2n) is 4.00. The number of rotatable bonds is 7. The first-order chi connectivity index (χ1) is 9.62. The molecule has 0 fully saturated rings. The maximum atomic E-state index is 11.6. The van der Waals surface area contributed by atoms with Gasteiger partial charge in [-0.25, -0.2) is 4.79 Å². The fourth-order valence-corrected chi connectivity index (χ4v) is 1.51. The predicted molar refractivity (Wildman–Crippen MR) is 73.8 cm³/mol. The summed E-state index contributed by atoms with van der Waals surface area (Å²) in [6.07, 6.45) is 2.99. The highest BCUT2D eigenvalue weighted by Gasteiger charge is 2.14. The molecule has 1 aromatic rings. The number of hydrogen-bond donors (Lipinski definition) is 0. The highest BCUT2D eigenvalue weighted by atomic mass is 16.6. The molecule has 5 heteroatoms. The number of carbonyl (C=O) groups excluding carboxylic acids is 2. The largest absolute Gasteiger partial charge is 0.493 e. The van der Waals surface area contributed by atoms with E-state index in [0.717, 1.165) is 6.42 Å². The van der Waals surface area contributed by atoms with Gasteiger partial charge in [0.2, 0.25) is 0 Å². The quantitative estimate of drug-likeness (QED) is 0.567. The van der Waals surface area contributed by atoms with E-state index in [1.54, 1.807) is 6.92 Å². The second kappa shape index (κ2) is 8.19. The summed E-state index contributed by atoms with van der Waals surface area (Å²) in [7, 11) is 1.44. The number of ether oxygens (including phenoxy) is 3. The summed E-state index contributed by atoms with van der Waals surface area (Å²) in [5, 5.41) is 0. The minimum absolute atomic E-state index is 0.276. The van der Waals surface area contributed by atoms with Crippen molar-refractivity contribution >= 4 is 11.9 Å². The predicted octanol–water partition coefficient (Wildman–Crippen LogP) is 2.78. The number of methoxy groups -OCH3 is 1. The van der Waals surface area contributed by atoms with Gasteiger partial charge < -0.3 is 14.2 Å². The minimum atomic E-state index is -0.443. The van der Waals surface area contributed by atoms with Gasteiger partial charge in [0, 0.05) is 0 Å². The lowest BCUT2D eigenvalue weighted by Gasteiger charge is -2.10. The highest BCUT2D eigenvalue weighted by molar-refractivity contribution is 5.90. The molecule has 1 aromatic carbocycles. The monoisotopic (exact) mass is 279 g/mol. The lowest BCUT2D eigenvalue weighted by molar-refractivity contribution is -0.130. The van der Waals surface area contributed by atoms with Gasteiger partial charge in [-0.1, -0.05) is 13.3 Å². The fraction of sp³-hybridized carbons (Fsp3) is 0.400. The molecule has 0 saturated heterocycles. The van der Waals surface area contributed by atoms with Crippen molar-refractivity contribution in [2.75, 3.05) is 13.7 Å². The zero-order valence-corrected chi connectivity index (χ0v) is 12.0. The van der Waals surface area contributed by atoms with E-state index in [1.807, 2.05) is 6.92 Å². The van der Waals surface area contributed by atoms with Crippen LogP contribution in [0, 0.1) is 6.42 Å². The first-order valence-electron chi connectivity index (χ1n) is 6.52. The Bertz CT molecular complexity index is 467. The Morgan fingerprint density at radius 1 is 1.20 bits per heavy atom.